The first-order valence-electron chi connectivity index (χ1n) is 4.25. The lowest BCUT2D eigenvalue weighted by molar-refractivity contribution is -0.133. The summed E-state index contributed by atoms with van der Waals surface area (Å²) in [5, 5.41) is 2.77. The third kappa shape index (κ3) is 6.13. The number of likely N-dealkylation sites (N-methyl/N-ethyl adjacent to an activating group) is 1. The zero-order chi connectivity index (χ0) is 10.6. The first kappa shape index (κ1) is 11.9. The van der Waals surface area contributed by atoms with E-state index in [9.17, 15) is 9.59 Å². The molecule has 0 aliphatic rings. The highest BCUT2D eigenvalue weighted by Crippen LogP contribution is 1.98. The van der Waals surface area contributed by atoms with Crippen molar-refractivity contribution >= 4 is 11.8 Å². The fraction of sp³-hybridized carbons (Fsp3) is 0.778. The van der Waals surface area contributed by atoms with Gasteiger partial charge in [-0.2, -0.15) is 0 Å². The van der Waals surface area contributed by atoms with Crippen molar-refractivity contribution in [3.05, 3.63) is 0 Å². The van der Waals surface area contributed by atoms with Gasteiger partial charge in [-0.05, 0) is 20.8 Å². The summed E-state index contributed by atoms with van der Waals surface area (Å²) in [4.78, 5) is 23.4. The van der Waals surface area contributed by atoms with Gasteiger partial charge in [-0.15, -0.1) is 0 Å². The molecule has 0 saturated heterocycles. The SMILES string of the molecule is CC(=O)N(C)CC(=O)NC(C)(C)C. The summed E-state index contributed by atoms with van der Waals surface area (Å²) in [6.45, 7) is 7.26. The van der Waals surface area contributed by atoms with Gasteiger partial charge in [0, 0.05) is 19.5 Å². The highest BCUT2D eigenvalue weighted by Gasteiger charge is 2.15. The van der Waals surface area contributed by atoms with Gasteiger partial charge < -0.3 is 10.2 Å². The van der Waals surface area contributed by atoms with Crippen LogP contribution in [0.15, 0.2) is 0 Å². The van der Waals surface area contributed by atoms with Crippen LogP contribution in [0.3, 0.4) is 0 Å². The molecule has 1 N–H and O–H groups in total. The van der Waals surface area contributed by atoms with Crippen LogP contribution >= 0.6 is 0 Å². The molecule has 0 saturated carbocycles. The highest BCUT2D eigenvalue weighted by molar-refractivity contribution is 5.83. The van der Waals surface area contributed by atoms with Crippen LogP contribution in [0.4, 0.5) is 0 Å². The Hall–Kier alpha value is -1.06. The van der Waals surface area contributed by atoms with Crippen molar-refractivity contribution in [3.63, 3.8) is 0 Å². The monoisotopic (exact) mass is 186 g/mol. The zero-order valence-electron chi connectivity index (χ0n) is 8.97. The molecule has 0 aromatic heterocycles. The van der Waals surface area contributed by atoms with E-state index < -0.39 is 0 Å². The van der Waals surface area contributed by atoms with Gasteiger partial charge in [-0.1, -0.05) is 0 Å². The maximum Gasteiger partial charge on any atom is 0.240 e. The fourth-order valence-corrected chi connectivity index (χ4v) is 0.785. The fourth-order valence-electron chi connectivity index (χ4n) is 0.785. The molecular weight excluding hydrogens is 168 g/mol. The standard InChI is InChI=1S/C9H18N2O2/c1-7(12)11(5)6-8(13)10-9(2,3)4/h6H2,1-5H3,(H,10,13). The quantitative estimate of drug-likeness (QED) is 0.677. The summed E-state index contributed by atoms with van der Waals surface area (Å²) >= 11 is 0. The third-order valence-electron chi connectivity index (χ3n) is 1.43. The summed E-state index contributed by atoms with van der Waals surface area (Å²) in [7, 11) is 1.60. The summed E-state index contributed by atoms with van der Waals surface area (Å²) in [5.74, 6) is -0.241. The highest BCUT2D eigenvalue weighted by atomic mass is 16.2. The topological polar surface area (TPSA) is 49.4 Å². The van der Waals surface area contributed by atoms with Gasteiger partial charge in [-0.3, -0.25) is 9.59 Å². The molecule has 13 heavy (non-hydrogen) atoms. The predicted octanol–water partition coefficient (Wildman–Crippen LogP) is 0.379. The van der Waals surface area contributed by atoms with Crippen molar-refractivity contribution in [1.29, 1.82) is 0 Å². The van der Waals surface area contributed by atoms with E-state index in [-0.39, 0.29) is 23.9 Å². The second kappa shape index (κ2) is 4.25. The minimum absolute atomic E-state index is 0.107. The van der Waals surface area contributed by atoms with Crippen LogP contribution in [-0.4, -0.2) is 35.8 Å². The number of nitrogens with zero attached hydrogens (tertiary/aromatic N) is 1. The molecule has 0 bridgehead atoms. The second-order valence-electron chi connectivity index (χ2n) is 4.17. The lowest BCUT2D eigenvalue weighted by Gasteiger charge is -2.22. The Bertz CT molecular complexity index is 206. The Morgan fingerprint density at radius 1 is 1.31 bits per heavy atom. The number of carbonyl (C=O) groups is 2. The molecule has 0 rings (SSSR count). The van der Waals surface area contributed by atoms with Crippen molar-refractivity contribution in [2.45, 2.75) is 33.2 Å². The molecule has 0 radical (unpaired) electrons. The van der Waals surface area contributed by atoms with Crippen LogP contribution in [-0.2, 0) is 9.59 Å². The molecule has 0 atom stereocenters. The van der Waals surface area contributed by atoms with Crippen LogP contribution in [0.2, 0.25) is 0 Å². The first-order chi connectivity index (χ1) is 5.72. The van der Waals surface area contributed by atoms with E-state index in [4.69, 9.17) is 0 Å². The molecule has 0 unspecified atom stereocenters. The second-order valence-corrected chi connectivity index (χ2v) is 4.17. The molecule has 0 aromatic rings. The number of hydrogen-bond donors (Lipinski definition) is 1. The van der Waals surface area contributed by atoms with Gasteiger partial charge in [0.15, 0.2) is 0 Å². The number of hydrogen-bond acceptors (Lipinski definition) is 2. The smallest absolute Gasteiger partial charge is 0.240 e. The zero-order valence-corrected chi connectivity index (χ0v) is 8.97. The van der Waals surface area contributed by atoms with Crippen LogP contribution in [0.25, 0.3) is 0 Å². The van der Waals surface area contributed by atoms with Gasteiger partial charge in [0.2, 0.25) is 11.8 Å². The molecule has 4 nitrogen and oxygen atoms in total. The summed E-state index contributed by atoms with van der Waals surface area (Å²) in [5.41, 5.74) is -0.241. The van der Waals surface area contributed by atoms with Crippen LogP contribution < -0.4 is 5.32 Å². The van der Waals surface area contributed by atoms with E-state index in [1.54, 1.807) is 7.05 Å². The van der Waals surface area contributed by atoms with Gasteiger partial charge >= 0.3 is 0 Å². The van der Waals surface area contributed by atoms with E-state index in [1.165, 1.54) is 11.8 Å². The van der Waals surface area contributed by atoms with Crippen molar-refractivity contribution < 1.29 is 9.59 Å². The van der Waals surface area contributed by atoms with E-state index in [1.807, 2.05) is 20.8 Å². The number of amides is 2. The maximum atomic E-state index is 11.3. The Balaban J connectivity index is 3.96. The average Bonchev–Trinajstić information content (AvgIpc) is 1.81. The summed E-state index contributed by atoms with van der Waals surface area (Å²) in [6, 6.07) is 0. The maximum absolute atomic E-state index is 11.3. The third-order valence-corrected chi connectivity index (χ3v) is 1.43. The molecule has 4 heteroatoms. The van der Waals surface area contributed by atoms with E-state index in [0.29, 0.717) is 0 Å². The summed E-state index contributed by atoms with van der Waals surface area (Å²) in [6.07, 6.45) is 0. The molecular formula is C9H18N2O2. The van der Waals surface area contributed by atoms with E-state index in [0.717, 1.165) is 0 Å². The molecule has 0 spiro atoms. The molecule has 0 heterocycles. The Morgan fingerprint density at radius 3 is 2.08 bits per heavy atom. The lowest BCUT2D eigenvalue weighted by atomic mass is 10.1. The van der Waals surface area contributed by atoms with Gasteiger partial charge in [0.25, 0.3) is 0 Å². The van der Waals surface area contributed by atoms with Crippen LogP contribution in [0, 0.1) is 0 Å². The average molecular weight is 186 g/mol. The minimum atomic E-state index is -0.241. The van der Waals surface area contributed by atoms with Gasteiger partial charge in [0.05, 0.1) is 6.54 Å². The van der Waals surface area contributed by atoms with Crippen LogP contribution in [0.1, 0.15) is 27.7 Å². The number of rotatable bonds is 2. The summed E-state index contributed by atoms with van der Waals surface area (Å²) < 4.78 is 0. The normalized spacial score (nSPS) is 10.8. The van der Waals surface area contributed by atoms with Crippen molar-refractivity contribution in [2.75, 3.05) is 13.6 Å². The predicted molar refractivity (Wildman–Crippen MR) is 51.2 cm³/mol. The molecule has 2 amide bonds. The Morgan fingerprint density at radius 2 is 1.77 bits per heavy atom. The number of nitrogens with one attached hydrogen (secondary N) is 1. The largest absolute Gasteiger partial charge is 0.350 e. The Kier molecular flexibility index (Phi) is 3.91. The molecule has 0 aliphatic heterocycles. The van der Waals surface area contributed by atoms with Crippen molar-refractivity contribution in [3.8, 4) is 0 Å². The molecule has 0 aromatic carbocycles. The van der Waals surface area contributed by atoms with Gasteiger partial charge in [0.1, 0.15) is 0 Å². The molecule has 0 aliphatic carbocycles. The minimum Gasteiger partial charge on any atom is -0.350 e. The van der Waals surface area contributed by atoms with E-state index >= 15 is 0 Å². The van der Waals surface area contributed by atoms with E-state index in [2.05, 4.69) is 5.32 Å². The first-order valence-corrected chi connectivity index (χ1v) is 4.25. The molecule has 0 fully saturated rings. The molecule has 76 valence electrons. The number of carbonyl (C=O) groups excluding carboxylic acids is 2. The lowest BCUT2D eigenvalue weighted by Crippen LogP contribution is -2.45. The van der Waals surface area contributed by atoms with Gasteiger partial charge in [-0.25, -0.2) is 0 Å². The van der Waals surface area contributed by atoms with Crippen LogP contribution in [0.5, 0.6) is 0 Å². The van der Waals surface area contributed by atoms with Crippen molar-refractivity contribution in [1.82, 2.24) is 10.2 Å². The van der Waals surface area contributed by atoms with Crippen molar-refractivity contribution in [2.24, 2.45) is 0 Å². The Labute approximate surface area is 79.3 Å².